The van der Waals surface area contributed by atoms with Crippen LogP contribution in [0, 0.1) is 0 Å². The lowest BCUT2D eigenvalue weighted by Gasteiger charge is -2.28. The van der Waals surface area contributed by atoms with Crippen molar-refractivity contribution in [1.29, 1.82) is 0 Å². The molecule has 0 fully saturated rings. The summed E-state index contributed by atoms with van der Waals surface area (Å²) in [6.07, 6.45) is 4.57. The zero-order valence-corrected chi connectivity index (χ0v) is 32.1. The van der Waals surface area contributed by atoms with Crippen molar-refractivity contribution in [3.8, 4) is 39.9 Å². The molecule has 1 aliphatic heterocycles. The van der Waals surface area contributed by atoms with Gasteiger partial charge in [0.05, 0.1) is 0 Å². The van der Waals surface area contributed by atoms with Crippen molar-refractivity contribution in [2.24, 2.45) is 0 Å². The first kappa shape index (κ1) is 32.5. The third-order valence-electron chi connectivity index (χ3n) is 11.3. The second kappa shape index (κ2) is 12.9. The monoisotopic (exact) mass is 765 g/mol. The summed E-state index contributed by atoms with van der Waals surface area (Å²) >= 11 is 3.67. The van der Waals surface area contributed by atoms with Crippen LogP contribution in [-0.4, -0.2) is 21.1 Å². The van der Waals surface area contributed by atoms with Crippen molar-refractivity contribution >= 4 is 74.2 Å². The zero-order chi connectivity index (χ0) is 37.5. The molecule has 2 unspecified atom stereocenters. The van der Waals surface area contributed by atoms with Gasteiger partial charge >= 0.3 is 0 Å². The number of ether oxygens (including phenoxy) is 1. The van der Waals surface area contributed by atoms with Gasteiger partial charge in [-0.2, -0.15) is 0 Å². The lowest BCUT2D eigenvalue weighted by atomic mass is 9.79. The molecule has 4 heterocycles. The highest BCUT2D eigenvalue weighted by Crippen LogP contribution is 2.52. The predicted molar refractivity (Wildman–Crippen MR) is 238 cm³/mol. The first-order chi connectivity index (χ1) is 28.2. The minimum atomic E-state index is -0.150. The molecule has 0 amide bonds. The van der Waals surface area contributed by atoms with Gasteiger partial charge in [0.2, 0.25) is 0 Å². The van der Waals surface area contributed by atoms with E-state index in [-0.39, 0.29) is 12.0 Å². The van der Waals surface area contributed by atoms with E-state index >= 15 is 0 Å². The van der Waals surface area contributed by atoms with Gasteiger partial charge in [-0.05, 0) is 47.0 Å². The Hall–Kier alpha value is -6.73. The number of thiophene rings is 2. The molecule has 10 aromatic rings. The van der Waals surface area contributed by atoms with Gasteiger partial charge in [0, 0.05) is 74.1 Å². The van der Waals surface area contributed by atoms with Crippen LogP contribution in [-0.2, 0) is 0 Å². The molecule has 0 N–H and O–H groups in total. The largest absolute Gasteiger partial charge is 0.484 e. The number of benzene rings is 7. The van der Waals surface area contributed by atoms with Crippen LogP contribution in [0.3, 0.4) is 0 Å². The Morgan fingerprint density at radius 1 is 0.456 bits per heavy atom. The van der Waals surface area contributed by atoms with Crippen molar-refractivity contribution in [2.75, 3.05) is 0 Å². The molecule has 268 valence electrons. The van der Waals surface area contributed by atoms with E-state index in [1.54, 1.807) is 11.3 Å². The van der Waals surface area contributed by atoms with Gasteiger partial charge in [-0.3, -0.25) is 0 Å². The van der Waals surface area contributed by atoms with Crippen LogP contribution in [0.5, 0.6) is 5.75 Å². The van der Waals surface area contributed by atoms with Crippen LogP contribution in [0.4, 0.5) is 0 Å². The molecular weight excluding hydrogens is 735 g/mol. The van der Waals surface area contributed by atoms with Crippen molar-refractivity contribution in [3.63, 3.8) is 0 Å². The van der Waals surface area contributed by atoms with E-state index in [1.165, 1.54) is 63.5 Å². The minimum Gasteiger partial charge on any atom is -0.484 e. The lowest BCUT2D eigenvalue weighted by molar-refractivity contribution is 0.259. The Bertz CT molecular complexity index is 3230. The normalized spacial score (nSPS) is 16.1. The molecule has 3 aromatic heterocycles. The summed E-state index contributed by atoms with van der Waals surface area (Å²) < 4.78 is 11.9. The number of nitrogens with zero attached hydrogens (tertiary/aromatic N) is 3. The molecule has 0 saturated heterocycles. The van der Waals surface area contributed by atoms with Crippen molar-refractivity contribution < 1.29 is 4.74 Å². The summed E-state index contributed by atoms with van der Waals surface area (Å²) in [5, 5.41) is 5.04. The summed E-state index contributed by atoms with van der Waals surface area (Å²) in [5.74, 6) is 2.97. The number of aromatic nitrogens is 3. The molecule has 7 aromatic carbocycles. The average Bonchev–Trinajstić information content (AvgIpc) is 3.98. The fourth-order valence-electron chi connectivity index (χ4n) is 8.69. The number of fused-ring (bicyclic) bond motifs is 9. The summed E-state index contributed by atoms with van der Waals surface area (Å²) in [6.45, 7) is 0. The Morgan fingerprint density at radius 2 is 1.04 bits per heavy atom. The van der Waals surface area contributed by atoms with Gasteiger partial charge in [-0.1, -0.05) is 146 Å². The highest BCUT2D eigenvalue weighted by Gasteiger charge is 2.39. The molecule has 0 spiro atoms. The maximum Gasteiger partial charge on any atom is 0.165 e. The average molecular weight is 766 g/mol. The third-order valence-corrected chi connectivity index (χ3v) is 13.8. The molecule has 0 radical (unpaired) electrons. The minimum absolute atomic E-state index is 0.0330. The molecule has 6 heteroatoms. The van der Waals surface area contributed by atoms with E-state index < -0.39 is 0 Å². The van der Waals surface area contributed by atoms with E-state index in [2.05, 4.69) is 140 Å². The van der Waals surface area contributed by atoms with Crippen LogP contribution >= 0.6 is 22.7 Å². The number of allylic oxidation sites excluding steroid dienone is 2. The van der Waals surface area contributed by atoms with Gasteiger partial charge in [-0.15, -0.1) is 22.7 Å². The number of hydrogen-bond acceptors (Lipinski definition) is 6. The topological polar surface area (TPSA) is 47.9 Å². The molecule has 2 aliphatic rings. The third kappa shape index (κ3) is 5.22. The lowest BCUT2D eigenvalue weighted by Crippen LogP contribution is -2.24. The van der Waals surface area contributed by atoms with Crippen molar-refractivity contribution in [2.45, 2.75) is 12.0 Å². The van der Waals surface area contributed by atoms with Gasteiger partial charge in [0.15, 0.2) is 17.5 Å². The van der Waals surface area contributed by atoms with E-state index in [1.807, 2.05) is 47.7 Å². The number of hydrogen-bond donors (Lipinski definition) is 0. The SMILES string of the molecule is C1=CC(c2ccc3sc4c(-c5nc(-c6ccccc6)nc(-c6ccccc6)n5)cccc4c3c2)C2Oc3ccccc3C2=C1c1cccc2c1sc1ccccc12. The van der Waals surface area contributed by atoms with Gasteiger partial charge < -0.3 is 4.74 Å². The van der Waals surface area contributed by atoms with E-state index in [4.69, 9.17) is 19.7 Å². The van der Waals surface area contributed by atoms with E-state index in [0.29, 0.717) is 17.5 Å². The highest BCUT2D eigenvalue weighted by molar-refractivity contribution is 7.26. The predicted octanol–water partition coefficient (Wildman–Crippen LogP) is 13.6. The van der Waals surface area contributed by atoms with Gasteiger partial charge in [0.25, 0.3) is 0 Å². The summed E-state index contributed by atoms with van der Waals surface area (Å²) in [6, 6.07) is 57.8. The van der Waals surface area contributed by atoms with Crippen molar-refractivity contribution in [1.82, 2.24) is 15.0 Å². The molecule has 0 bridgehead atoms. The van der Waals surface area contributed by atoms with Gasteiger partial charge in [0.1, 0.15) is 11.9 Å². The molecule has 0 saturated carbocycles. The van der Waals surface area contributed by atoms with Crippen LogP contribution < -0.4 is 4.74 Å². The van der Waals surface area contributed by atoms with Gasteiger partial charge in [-0.25, -0.2) is 15.0 Å². The maximum atomic E-state index is 6.93. The summed E-state index contributed by atoms with van der Waals surface area (Å²) in [7, 11) is 0. The summed E-state index contributed by atoms with van der Waals surface area (Å²) in [5.41, 5.74) is 9.10. The van der Waals surface area contributed by atoms with E-state index in [0.717, 1.165) is 27.1 Å². The first-order valence-electron chi connectivity index (χ1n) is 19.2. The number of para-hydroxylation sites is 1. The molecule has 2 atom stereocenters. The Morgan fingerprint density at radius 3 is 1.81 bits per heavy atom. The first-order valence-corrected chi connectivity index (χ1v) is 20.8. The van der Waals surface area contributed by atoms with Crippen LogP contribution in [0.2, 0.25) is 0 Å². The van der Waals surface area contributed by atoms with E-state index in [9.17, 15) is 0 Å². The maximum absolute atomic E-state index is 6.93. The smallest absolute Gasteiger partial charge is 0.165 e. The van der Waals surface area contributed by atoms with Crippen molar-refractivity contribution in [3.05, 3.63) is 193 Å². The quantitative estimate of drug-likeness (QED) is 0.175. The second-order valence-corrected chi connectivity index (χ2v) is 16.7. The summed E-state index contributed by atoms with van der Waals surface area (Å²) in [4.78, 5) is 15.1. The van der Waals surface area contributed by atoms with Crippen LogP contribution in [0.25, 0.3) is 85.7 Å². The Kier molecular flexibility index (Phi) is 7.37. The highest BCUT2D eigenvalue weighted by atomic mass is 32.1. The zero-order valence-electron chi connectivity index (χ0n) is 30.5. The Labute approximate surface area is 336 Å². The van der Waals surface area contributed by atoms with Crippen LogP contribution in [0.15, 0.2) is 176 Å². The molecule has 57 heavy (non-hydrogen) atoms. The Balaban J connectivity index is 0.985. The second-order valence-electron chi connectivity index (χ2n) is 14.6. The molecule has 1 aliphatic carbocycles. The standard InChI is InChI=1S/C51H31N3OS2/c1-3-13-30(14-4-1)49-52-50(31-15-5-2-6-16-31)54-51(53-49)40-22-12-21-38-41-29-32(25-28-44(41)57-48(38)40)33-26-27-35(45-39-18-7-9-23-42(39)55-46(33)45)37-20-11-19-36-34-17-8-10-24-43(34)56-47(36)37/h1-29,33,46H. The fourth-order valence-corrected chi connectivity index (χ4v) is 11.1. The molecular formula is C51H31N3OS2. The molecule has 12 rings (SSSR count). The fraction of sp³-hybridized carbons (Fsp3) is 0.0392. The number of rotatable bonds is 5. The van der Waals surface area contributed by atoms with Crippen LogP contribution in [0.1, 0.15) is 22.6 Å². The molecule has 4 nitrogen and oxygen atoms in total.